The molecule has 32 heavy (non-hydrogen) atoms. The molecule has 0 aliphatic carbocycles. The molecule has 0 bridgehead atoms. The molecule has 0 unspecified atom stereocenters. The smallest absolute Gasteiger partial charge is 0.254 e. The minimum atomic E-state index is -0.957. The van der Waals surface area contributed by atoms with Gasteiger partial charge in [0, 0.05) is 24.2 Å². The minimum Gasteiger partial charge on any atom is -0.493 e. The van der Waals surface area contributed by atoms with E-state index in [-0.39, 0.29) is 22.9 Å². The molecule has 2 atom stereocenters. The Morgan fingerprint density at radius 1 is 1.12 bits per heavy atom. The van der Waals surface area contributed by atoms with Crippen molar-refractivity contribution in [1.29, 1.82) is 0 Å². The Labute approximate surface area is 183 Å². The number of hydrogen-bond acceptors (Lipinski definition) is 6. The third-order valence-electron chi connectivity index (χ3n) is 5.56. The number of carbonyl (C=O) groups is 2. The Morgan fingerprint density at radius 3 is 2.44 bits per heavy atom. The second-order valence-electron chi connectivity index (χ2n) is 7.47. The number of hydrogen-bond donors (Lipinski definition) is 1. The highest BCUT2D eigenvalue weighted by Crippen LogP contribution is 2.46. The van der Waals surface area contributed by atoms with Gasteiger partial charge in [-0.05, 0) is 30.7 Å². The molecule has 0 spiro atoms. The SMILES string of the molecule is COc1cc2c(cc1OC)[C@@H](C(=O)Nc1cc(C)on1)[C@H](c1ccccc1F)N(C)C2=O. The zero-order valence-electron chi connectivity index (χ0n) is 18.0. The number of likely N-dealkylation sites (N-methyl/N-ethyl adjacent to an activating group) is 1. The number of benzene rings is 2. The summed E-state index contributed by atoms with van der Waals surface area (Å²) in [6, 6.07) is 9.88. The van der Waals surface area contributed by atoms with Crippen molar-refractivity contribution in [3.05, 3.63) is 70.7 Å². The van der Waals surface area contributed by atoms with Crippen molar-refractivity contribution in [1.82, 2.24) is 10.1 Å². The number of nitrogens with zero attached hydrogens (tertiary/aromatic N) is 2. The first-order valence-electron chi connectivity index (χ1n) is 9.87. The van der Waals surface area contributed by atoms with E-state index in [0.29, 0.717) is 22.8 Å². The van der Waals surface area contributed by atoms with Crippen LogP contribution >= 0.6 is 0 Å². The molecule has 2 amide bonds. The average Bonchev–Trinajstić information content (AvgIpc) is 3.20. The van der Waals surface area contributed by atoms with E-state index < -0.39 is 23.7 Å². The summed E-state index contributed by atoms with van der Waals surface area (Å²) in [7, 11) is 4.46. The van der Waals surface area contributed by atoms with Crippen LogP contribution < -0.4 is 14.8 Å². The molecule has 1 aliphatic rings. The predicted molar refractivity (Wildman–Crippen MR) is 113 cm³/mol. The van der Waals surface area contributed by atoms with E-state index in [4.69, 9.17) is 14.0 Å². The fourth-order valence-electron chi connectivity index (χ4n) is 4.06. The van der Waals surface area contributed by atoms with E-state index >= 15 is 0 Å². The molecule has 2 heterocycles. The summed E-state index contributed by atoms with van der Waals surface area (Å²) in [6.45, 7) is 1.70. The monoisotopic (exact) mass is 439 g/mol. The van der Waals surface area contributed by atoms with Crippen LogP contribution in [0.4, 0.5) is 10.2 Å². The number of rotatable bonds is 5. The van der Waals surface area contributed by atoms with Gasteiger partial charge in [0.05, 0.1) is 26.2 Å². The third-order valence-corrected chi connectivity index (χ3v) is 5.56. The summed E-state index contributed by atoms with van der Waals surface area (Å²) in [4.78, 5) is 28.1. The van der Waals surface area contributed by atoms with Crippen molar-refractivity contribution in [2.75, 3.05) is 26.6 Å². The largest absolute Gasteiger partial charge is 0.493 e. The summed E-state index contributed by atoms with van der Waals surface area (Å²) in [5, 5.41) is 6.53. The molecule has 8 nitrogen and oxygen atoms in total. The molecule has 2 aromatic carbocycles. The van der Waals surface area contributed by atoms with Crippen LogP contribution in [0.1, 0.15) is 39.2 Å². The van der Waals surface area contributed by atoms with Gasteiger partial charge < -0.3 is 24.2 Å². The van der Waals surface area contributed by atoms with E-state index in [2.05, 4.69) is 10.5 Å². The molecule has 1 N–H and O–H groups in total. The van der Waals surface area contributed by atoms with Crippen LogP contribution in [0, 0.1) is 12.7 Å². The predicted octanol–water partition coefficient (Wildman–Crippen LogP) is 3.69. The number of ether oxygens (including phenoxy) is 2. The van der Waals surface area contributed by atoms with Crippen LogP contribution in [0.15, 0.2) is 47.0 Å². The molecule has 166 valence electrons. The number of carbonyl (C=O) groups excluding carboxylic acids is 2. The van der Waals surface area contributed by atoms with Crippen molar-refractivity contribution in [2.24, 2.45) is 0 Å². The first-order chi connectivity index (χ1) is 15.3. The normalized spacial score (nSPS) is 17.7. The first kappa shape index (κ1) is 21.4. The molecule has 3 aromatic rings. The van der Waals surface area contributed by atoms with Crippen LogP contribution in [0.25, 0.3) is 0 Å². The molecule has 4 rings (SSSR count). The summed E-state index contributed by atoms with van der Waals surface area (Å²) in [5.74, 6) is -0.864. The molecule has 0 saturated heterocycles. The van der Waals surface area contributed by atoms with E-state index in [1.165, 1.54) is 31.3 Å². The van der Waals surface area contributed by atoms with Gasteiger partial charge in [0.25, 0.3) is 5.91 Å². The van der Waals surface area contributed by atoms with Gasteiger partial charge in [0.1, 0.15) is 11.6 Å². The van der Waals surface area contributed by atoms with E-state index in [9.17, 15) is 14.0 Å². The minimum absolute atomic E-state index is 0.222. The second-order valence-corrected chi connectivity index (χ2v) is 7.47. The fourth-order valence-corrected chi connectivity index (χ4v) is 4.06. The summed E-state index contributed by atoms with van der Waals surface area (Å²) in [6.07, 6.45) is 0. The lowest BCUT2D eigenvalue weighted by Crippen LogP contribution is -2.44. The van der Waals surface area contributed by atoms with Crippen LogP contribution in [-0.2, 0) is 4.79 Å². The molecule has 1 aromatic heterocycles. The lowest BCUT2D eigenvalue weighted by Gasteiger charge is -2.40. The van der Waals surface area contributed by atoms with Gasteiger partial charge in [-0.2, -0.15) is 0 Å². The van der Waals surface area contributed by atoms with Gasteiger partial charge >= 0.3 is 0 Å². The van der Waals surface area contributed by atoms with E-state index in [0.717, 1.165) is 0 Å². The lowest BCUT2D eigenvalue weighted by molar-refractivity contribution is -0.119. The van der Waals surface area contributed by atoms with Crippen molar-refractivity contribution >= 4 is 17.6 Å². The number of anilines is 1. The topological polar surface area (TPSA) is 93.9 Å². The molecular weight excluding hydrogens is 417 g/mol. The Bertz CT molecular complexity index is 1190. The van der Waals surface area contributed by atoms with Gasteiger partial charge in [-0.15, -0.1) is 0 Å². The van der Waals surface area contributed by atoms with Gasteiger partial charge in [-0.25, -0.2) is 4.39 Å². The maximum absolute atomic E-state index is 14.8. The van der Waals surface area contributed by atoms with Crippen LogP contribution in [0.2, 0.25) is 0 Å². The van der Waals surface area contributed by atoms with E-state index in [1.807, 2.05) is 0 Å². The molecular formula is C23H22FN3O5. The second kappa shape index (κ2) is 8.33. The highest BCUT2D eigenvalue weighted by atomic mass is 19.1. The third kappa shape index (κ3) is 3.55. The molecule has 0 saturated carbocycles. The fraction of sp³-hybridized carbons (Fsp3) is 0.261. The van der Waals surface area contributed by atoms with Crippen molar-refractivity contribution < 1.29 is 28.0 Å². The number of amides is 2. The van der Waals surface area contributed by atoms with Crippen LogP contribution in [-0.4, -0.2) is 43.1 Å². The van der Waals surface area contributed by atoms with Gasteiger partial charge in [-0.1, -0.05) is 23.4 Å². The average molecular weight is 439 g/mol. The molecule has 0 fully saturated rings. The Morgan fingerprint density at radius 2 is 1.81 bits per heavy atom. The highest BCUT2D eigenvalue weighted by molar-refractivity contribution is 6.04. The van der Waals surface area contributed by atoms with Gasteiger partial charge in [0.15, 0.2) is 17.3 Å². The number of methoxy groups -OCH3 is 2. The number of aryl methyl sites for hydroxylation is 1. The standard InChI is InChI=1S/C23H22FN3O5/c1-12-9-19(26-32-12)25-22(28)20-14-10-17(30-3)18(31-4)11-15(14)23(29)27(2)21(20)13-7-5-6-8-16(13)24/h5-11,20-21H,1-4H3,(H,25,26,28)/t20-,21+/m1/s1. The van der Waals surface area contributed by atoms with Crippen molar-refractivity contribution in [3.8, 4) is 11.5 Å². The number of fused-ring (bicyclic) bond motifs is 1. The summed E-state index contributed by atoms with van der Waals surface area (Å²) >= 11 is 0. The quantitative estimate of drug-likeness (QED) is 0.652. The Balaban J connectivity index is 1.91. The zero-order valence-corrected chi connectivity index (χ0v) is 18.0. The maximum atomic E-state index is 14.8. The van der Waals surface area contributed by atoms with E-state index in [1.54, 1.807) is 44.3 Å². The molecule has 0 radical (unpaired) electrons. The summed E-state index contributed by atoms with van der Waals surface area (Å²) < 4.78 is 30.6. The number of nitrogens with one attached hydrogen (secondary N) is 1. The van der Waals surface area contributed by atoms with Crippen molar-refractivity contribution in [3.63, 3.8) is 0 Å². The summed E-state index contributed by atoms with van der Waals surface area (Å²) in [5.41, 5.74) is 0.895. The van der Waals surface area contributed by atoms with Crippen LogP contribution in [0.5, 0.6) is 11.5 Å². The van der Waals surface area contributed by atoms with Crippen molar-refractivity contribution in [2.45, 2.75) is 18.9 Å². The zero-order chi connectivity index (χ0) is 23.0. The Hall–Kier alpha value is -3.88. The molecule has 1 aliphatic heterocycles. The van der Waals surface area contributed by atoms with Gasteiger partial charge in [0.2, 0.25) is 5.91 Å². The number of aromatic nitrogens is 1. The first-order valence-corrected chi connectivity index (χ1v) is 9.87. The maximum Gasteiger partial charge on any atom is 0.254 e. The molecule has 9 heteroatoms. The van der Waals surface area contributed by atoms with Crippen LogP contribution in [0.3, 0.4) is 0 Å². The lowest BCUT2D eigenvalue weighted by atomic mass is 9.79. The highest BCUT2D eigenvalue weighted by Gasteiger charge is 2.44. The van der Waals surface area contributed by atoms with Gasteiger partial charge in [-0.3, -0.25) is 9.59 Å². The number of halogens is 1. The Kier molecular flexibility index (Phi) is 5.56.